The lowest BCUT2D eigenvalue weighted by Gasteiger charge is -2.11. The molecular formula is C22H22ClFN6O2S. The van der Waals surface area contributed by atoms with Crippen LogP contribution in [0.1, 0.15) is 44.3 Å². The van der Waals surface area contributed by atoms with Gasteiger partial charge < -0.3 is 4.98 Å². The number of benzene rings is 1. The van der Waals surface area contributed by atoms with Gasteiger partial charge in [0.25, 0.3) is 0 Å². The average molecular weight is 489 g/mol. The Morgan fingerprint density at radius 1 is 1.33 bits per heavy atom. The number of imidazole rings is 1. The lowest BCUT2D eigenvalue weighted by Crippen LogP contribution is -2.11. The summed E-state index contributed by atoms with van der Waals surface area (Å²) in [5, 5.41) is 8.93. The van der Waals surface area contributed by atoms with Gasteiger partial charge in [-0.25, -0.2) is 27.8 Å². The molecule has 11 heteroatoms. The first-order valence-corrected chi connectivity index (χ1v) is 12.6. The minimum atomic E-state index is -3.72. The third-order valence-corrected chi connectivity index (χ3v) is 6.32. The Balaban J connectivity index is 1.85. The summed E-state index contributed by atoms with van der Waals surface area (Å²) in [5.74, 6) is 0.482. The summed E-state index contributed by atoms with van der Waals surface area (Å²) in [6.07, 6.45) is 6.00. The molecule has 172 valence electrons. The van der Waals surface area contributed by atoms with Crippen LogP contribution in [0.5, 0.6) is 0 Å². The maximum Gasteiger partial charge on any atom is 0.229 e. The molecule has 2 N–H and O–H groups in total. The molecule has 8 nitrogen and oxygen atoms in total. The molecule has 3 aromatic rings. The predicted molar refractivity (Wildman–Crippen MR) is 124 cm³/mol. The number of halogens is 2. The zero-order valence-electron chi connectivity index (χ0n) is 18.1. The highest BCUT2D eigenvalue weighted by atomic mass is 35.5. The summed E-state index contributed by atoms with van der Waals surface area (Å²) in [7, 11) is -3.72. The number of unbranched alkanes of at least 4 members (excludes halogenated alkanes) is 1. The van der Waals surface area contributed by atoms with Gasteiger partial charge in [-0.15, -0.1) is 0 Å². The zero-order valence-corrected chi connectivity index (χ0v) is 19.7. The summed E-state index contributed by atoms with van der Waals surface area (Å²) in [4.78, 5) is 16.9. The maximum atomic E-state index is 15.5. The van der Waals surface area contributed by atoms with Crippen molar-refractivity contribution < 1.29 is 12.8 Å². The molecule has 0 aliphatic heterocycles. The number of aromatic amines is 1. The van der Waals surface area contributed by atoms with E-state index in [1.54, 1.807) is 12.3 Å². The van der Waals surface area contributed by atoms with Crippen LogP contribution in [0.25, 0.3) is 22.6 Å². The molecule has 1 aromatic carbocycles. The van der Waals surface area contributed by atoms with E-state index in [1.165, 1.54) is 12.1 Å². The van der Waals surface area contributed by atoms with Gasteiger partial charge in [0.2, 0.25) is 10.0 Å². The minimum absolute atomic E-state index is 0.0556. The molecule has 0 saturated heterocycles. The van der Waals surface area contributed by atoms with Crippen molar-refractivity contribution >= 4 is 27.3 Å². The summed E-state index contributed by atoms with van der Waals surface area (Å²) < 4.78 is 41.1. The second-order valence-electron chi connectivity index (χ2n) is 8.43. The van der Waals surface area contributed by atoms with Gasteiger partial charge in [-0.3, -0.25) is 4.72 Å². The van der Waals surface area contributed by atoms with Crippen LogP contribution in [-0.4, -0.2) is 34.6 Å². The third-order valence-electron chi connectivity index (χ3n) is 5.51. The molecule has 1 fully saturated rings. The fourth-order valence-corrected chi connectivity index (χ4v) is 4.25. The van der Waals surface area contributed by atoms with Crippen molar-refractivity contribution in [2.45, 2.75) is 44.4 Å². The molecule has 0 radical (unpaired) electrons. The number of sulfonamides is 1. The first-order valence-electron chi connectivity index (χ1n) is 10.4. The lowest BCUT2D eigenvalue weighted by atomic mass is 10.1. The summed E-state index contributed by atoms with van der Waals surface area (Å²) >= 11 is 6.21. The Labute approximate surface area is 196 Å². The van der Waals surface area contributed by atoms with Crippen molar-refractivity contribution in [3.63, 3.8) is 0 Å². The topological polar surface area (TPSA) is 124 Å². The third kappa shape index (κ3) is 5.15. The molecule has 0 unspecified atom stereocenters. The van der Waals surface area contributed by atoms with Gasteiger partial charge in [0.1, 0.15) is 17.3 Å². The zero-order chi connectivity index (χ0) is 23.8. The molecule has 1 aliphatic carbocycles. The van der Waals surface area contributed by atoms with Crippen LogP contribution in [0.15, 0.2) is 24.4 Å². The van der Waals surface area contributed by atoms with E-state index in [4.69, 9.17) is 21.8 Å². The van der Waals surface area contributed by atoms with Crippen LogP contribution < -0.4 is 4.72 Å². The van der Waals surface area contributed by atoms with Crippen LogP contribution in [0.4, 0.5) is 10.1 Å². The van der Waals surface area contributed by atoms with Gasteiger partial charge in [0, 0.05) is 35.0 Å². The van der Waals surface area contributed by atoms with E-state index in [2.05, 4.69) is 32.7 Å². The Bertz CT molecular complexity index is 1360. The normalized spacial score (nSPS) is 14.6. The SMILES string of the molecule is CC1(c2nc(-c3cc(Cl)cc(NS(C)(=O)=O)c3F)c(-c3ccnc(CCCC#N)n3)[nH]2)CC1. The Morgan fingerprint density at radius 3 is 2.76 bits per heavy atom. The first kappa shape index (κ1) is 23.1. The number of nitrogens with zero attached hydrogens (tertiary/aromatic N) is 4. The molecule has 33 heavy (non-hydrogen) atoms. The monoisotopic (exact) mass is 488 g/mol. The first-order chi connectivity index (χ1) is 15.6. The highest BCUT2D eigenvalue weighted by molar-refractivity contribution is 7.92. The van der Waals surface area contributed by atoms with E-state index in [9.17, 15) is 8.42 Å². The summed E-state index contributed by atoms with van der Waals surface area (Å²) in [6, 6.07) is 6.43. The van der Waals surface area contributed by atoms with Gasteiger partial charge >= 0.3 is 0 Å². The highest BCUT2D eigenvalue weighted by Gasteiger charge is 2.43. The number of aryl methyl sites for hydroxylation is 1. The summed E-state index contributed by atoms with van der Waals surface area (Å²) in [6.45, 7) is 2.07. The number of nitriles is 1. The molecule has 0 spiro atoms. The van der Waals surface area contributed by atoms with Gasteiger partial charge in [-0.1, -0.05) is 18.5 Å². The second kappa shape index (κ2) is 8.72. The maximum absolute atomic E-state index is 15.5. The predicted octanol–water partition coefficient (Wildman–Crippen LogP) is 4.60. The molecule has 0 bridgehead atoms. The van der Waals surface area contributed by atoms with Crippen molar-refractivity contribution in [3.05, 3.63) is 46.9 Å². The summed E-state index contributed by atoms with van der Waals surface area (Å²) in [5.41, 5.74) is 0.961. The minimum Gasteiger partial charge on any atom is -0.340 e. The number of hydrogen-bond donors (Lipinski definition) is 2. The fraction of sp³-hybridized carbons (Fsp3) is 0.364. The molecule has 2 heterocycles. The van der Waals surface area contributed by atoms with E-state index in [0.717, 1.165) is 19.1 Å². The molecule has 0 amide bonds. The van der Waals surface area contributed by atoms with Crippen LogP contribution >= 0.6 is 11.6 Å². The Morgan fingerprint density at radius 2 is 2.09 bits per heavy atom. The molecule has 0 atom stereocenters. The van der Waals surface area contributed by atoms with Crippen molar-refractivity contribution in [2.24, 2.45) is 0 Å². The van der Waals surface area contributed by atoms with E-state index in [1.807, 2.05) is 0 Å². The van der Waals surface area contributed by atoms with E-state index in [-0.39, 0.29) is 27.4 Å². The number of anilines is 1. The number of hydrogen-bond acceptors (Lipinski definition) is 6. The largest absolute Gasteiger partial charge is 0.340 e. The van der Waals surface area contributed by atoms with Crippen molar-refractivity contribution in [3.8, 4) is 28.7 Å². The molecule has 2 aromatic heterocycles. The number of aromatic nitrogens is 4. The van der Waals surface area contributed by atoms with Gasteiger partial charge in [-0.2, -0.15) is 5.26 Å². The standard InChI is InChI=1S/C22H22ClFN6O2S/c1-22(7-8-22)21-28-19(14-11-13(23)12-16(18(14)24)30-33(2,31)32)20(29-21)15-6-10-26-17(27-15)5-3-4-9-25/h6,10-12,30H,3-5,7-8H2,1-2H3,(H,28,29). The molecule has 1 aliphatic rings. The smallest absolute Gasteiger partial charge is 0.229 e. The fourth-order valence-electron chi connectivity index (χ4n) is 3.48. The number of H-pyrrole nitrogens is 1. The second-order valence-corrected chi connectivity index (χ2v) is 10.6. The van der Waals surface area contributed by atoms with Crippen LogP contribution in [0.2, 0.25) is 5.02 Å². The highest BCUT2D eigenvalue weighted by Crippen LogP contribution is 2.48. The lowest BCUT2D eigenvalue weighted by molar-refractivity contribution is 0.604. The van der Waals surface area contributed by atoms with E-state index in [0.29, 0.717) is 42.3 Å². The van der Waals surface area contributed by atoms with Crippen LogP contribution in [0.3, 0.4) is 0 Å². The molecule has 4 rings (SSSR count). The quantitative estimate of drug-likeness (QED) is 0.446. The number of rotatable bonds is 8. The van der Waals surface area contributed by atoms with Crippen molar-refractivity contribution in [1.82, 2.24) is 19.9 Å². The van der Waals surface area contributed by atoms with Crippen molar-refractivity contribution in [1.29, 1.82) is 5.26 Å². The number of nitrogens with one attached hydrogen (secondary N) is 2. The van der Waals surface area contributed by atoms with E-state index < -0.39 is 15.8 Å². The van der Waals surface area contributed by atoms with Crippen LogP contribution in [-0.2, 0) is 21.9 Å². The molecule has 1 saturated carbocycles. The van der Waals surface area contributed by atoms with Gasteiger partial charge in [-0.05, 0) is 37.5 Å². The Hall–Kier alpha value is -3.03. The molecular weight excluding hydrogens is 467 g/mol. The van der Waals surface area contributed by atoms with E-state index >= 15 is 4.39 Å². The Kier molecular flexibility index (Phi) is 6.12. The van der Waals surface area contributed by atoms with Gasteiger partial charge in [0.15, 0.2) is 5.82 Å². The van der Waals surface area contributed by atoms with Crippen LogP contribution in [0, 0.1) is 17.1 Å². The average Bonchev–Trinajstić information content (AvgIpc) is 3.33. The van der Waals surface area contributed by atoms with Crippen molar-refractivity contribution in [2.75, 3.05) is 11.0 Å². The van der Waals surface area contributed by atoms with Gasteiger partial charge in [0.05, 0.1) is 29.4 Å².